The predicted octanol–water partition coefficient (Wildman–Crippen LogP) is 2.63. The number of hydrogen-bond acceptors (Lipinski definition) is 8. The predicted molar refractivity (Wildman–Crippen MR) is 155 cm³/mol. The SMILES string of the molecule is CC#CCOc1ccc2oc(N[C@H](C(=O)N3C[C@@H]4C[C@@H]4[C@H]3C(=O)NC(CC3CCC3)C(=O)C(N)=O)C(C)(C)C)nc2c1. The van der Waals surface area contributed by atoms with Crippen LogP contribution in [0.25, 0.3) is 11.1 Å². The second-order valence-electron chi connectivity index (χ2n) is 12.7. The van der Waals surface area contributed by atoms with Crippen LogP contribution in [-0.4, -0.2) is 64.7 Å². The Kier molecular flexibility index (Phi) is 8.17. The lowest BCUT2D eigenvalue weighted by Crippen LogP contribution is -2.58. The van der Waals surface area contributed by atoms with Gasteiger partial charge < -0.3 is 30.4 Å². The highest BCUT2D eigenvalue weighted by atomic mass is 16.5. The number of amides is 3. The van der Waals surface area contributed by atoms with Crippen LogP contribution in [0.1, 0.15) is 59.8 Å². The topological polar surface area (TPSA) is 157 Å². The molecule has 11 heteroatoms. The number of primary amides is 1. The molecular weight excluding hydrogens is 538 g/mol. The molecule has 5 atom stereocenters. The van der Waals surface area contributed by atoms with E-state index in [9.17, 15) is 19.2 Å². The van der Waals surface area contributed by atoms with Crippen molar-refractivity contribution in [2.24, 2.45) is 28.9 Å². The normalized spacial score (nSPS) is 22.7. The number of Topliss-reactive ketones (excluding diaryl/α,β-unsaturated/α-hetero) is 1. The molecule has 11 nitrogen and oxygen atoms in total. The van der Waals surface area contributed by atoms with Gasteiger partial charge in [-0.3, -0.25) is 19.2 Å². The summed E-state index contributed by atoms with van der Waals surface area (Å²) in [6, 6.07) is 2.98. The van der Waals surface area contributed by atoms with Crippen LogP contribution in [0, 0.1) is 35.0 Å². The number of carbonyl (C=O) groups is 4. The van der Waals surface area contributed by atoms with Gasteiger partial charge in [0.05, 0.1) is 6.04 Å². The van der Waals surface area contributed by atoms with Crippen molar-refractivity contribution in [3.8, 4) is 17.6 Å². The molecule has 1 saturated heterocycles. The molecule has 5 rings (SSSR count). The third kappa shape index (κ3) is 6.22. The number of oxazole rings is 1. The fraction of sp³-hybridized carbons (Fsp3) is 0.581. The lowest BCUT2D eigenvalue weighted by atomic mass is 9.80. The van der Waals surface area contributed by atoms with Gasteiger partial charge in [0.15, 0.2) is 5.58 Å². The van der Waals surface area contributed by atoms with Crippen LogP contribution in [0.5, 0.6) is 5.75 Å². The van der Waals surface area contributed by atoms with Crippen LogP contribution in [0.3, 0.4) is 0 Å². The van der Waals surface area contributed by atoms with E-state index in [4.69, 9.17) is 14.9 Å². The summed E-state index contributed by atoms with van der Waals surface area (Å²) in [6.07, 6.45) is 4.19. The Morgan fingerprint density at radius 2 is 2.00 bits per heavy atom. The second kappa shape index (κ2) is 11.7. The smallest absolute Gasteiger partial charge is 0.296 e. The zero-order chi connectivity index (χ0) is 30.2. The van der Waals surface area contributed by atoms with Crippen LogP contribution in [0.15, 0.2) is 22.6 Å². The monoisotopic (exact) mass is 577 g/mol. The second-order valence-corrected chi connectivity index (χ2v) is 12.7. The molecule has 42 heavy (non-hydrogen) atoms. The van der Waals surface area contributed by atoms with Crippen LogP contribution in [0.4, 0.5) is 6.01 Å². The molecule has 1 aromatic heterocycles. The number of benzene rings is 1. The zero-order valence-electron chi connectivity index (χ0n) is 24.6. The van der Waals surface area contributed by atoms with Gasteiger partial charge >= 0.3 is 0 Å². The van der Waals surface area contributed by atoms with E-state index in [-0.39, 0.29) is 36.3 Å². The molecule has 0 spiro atoms. The third-order valence-electron chi connectivity index (χ3n) is 8.60. The molecule has 3 amide bonds. The molecule has 1 aromatic carbocycles. The van der Waals surface area contributed by atoms with Crippen molar-refractivity contribution in [1.29, 1.82) is 0 Å². The Bertz CT molecular complexity index is 1450. The van der Waals surface area contributed by atoms with Crippen molar-refractivity contribution in [3.63, 3.8) is 0 Å². The molecule has 1 aliphatic heterocycles. The van der Waals surface area contributed by atoms with Gasteiger partial charge in [0.1, 0.15) is 30.0 Å². The fourth-order valence-corrected chi connectivity index (χ4v) is 5.94. The summed E-state index contributed by atoms with van der Waals surface area (Å²) in [6.45, 7) is 8.23. The maximum Gasteiger partial charge on any atom is 0.296 e. The molecule has 1 unspecified atom stereocenters. The summed E-state index contributed by atoms with van der Waals surface area (Å²) in [7, 11) is 0. The van der Waals surface area contributed by atoms with E-state index in [0.29, 0.717) is 29.8 Å². The summed E-state index contributed by atoms with van der Waals surface area (Å²) in [5.74, 6) is 4.21. The van der Waals surface area contributed by atoms with E-state index in [1.807, 2.05) is 20.8 Å². The Morgan fingerprint density at radius 3 is 2.64 bits per heavy atom. The Labute approximate surface area is 245 Å². The molecule has 0 radical (unpaired) electrons. The number of anilines is 1. The summed E-state index contributed by atoms with van der Waals surface area (Å²) < 4.78 is 11.5. The molecule has 3 aliphatic rings. The maximum absolute atomic E-state index is 14.1. The minimum absolute atomic E-state index is 0.0164. The third-order valence-corrected chi connectivity index (χ3v) is 8.60. The number of nitrogens with two attached hydrogens (primary N) is 1. The number of hydrogen-bond donors (Lipinski definition) is 3. The first-order valence-corrected chi connectivity index (χ1v) is 14.6. The molecule has 2 heterocycles. The van der Waals surface area contributed by atoms with E-state index >= 15 is 0 Å². The molecule has 224 valence electrons. The van der Waals surface area contributed by atoms with Gasteiger partial charge in [0, 0.05) is 12.6 Å². The average Bonchev–Trinajstić information content (AvgIpc) is 3.37. The largest absolute Gasteiger partial charge is 0.481 e. The number of aromatic nitrogens is 1. The van der Waals surface area contributed by atoms with Gasteiger partial charge in [-0.05, 0) is 55.1 Å². The van der Waals surface area contributed by atoms with Gasteiger partial charge in [-0.25, -0.2) is 0 Å². The highest BCUT2D eigenvalue weighted by Gasteiger charge is 2.58. The number of nitrogens with one attached hydrogen (secondary N) is 2. The average molecular weight is 578 g/mol. The molecule has 3 fully saturated rings. The van der Waals surface area contributed by atoms with Gasteiger partial charge in [-0.1, -0.05) is 46.0 Å². The summed E-state index contributed by atoms with van der Waals surface area (Å²) in [4.78, 5) is 58.1. The van der Waals surface area contributed by atoms with Crippen LogP contribution < -0.4 is 21.1 Å². The molecule has 2 aromatic rings. The van der Waals surface area contributed by atoms with Gasteiger partial charge in [0.2, 0.25) is 17.6 Å². The number of fused-ring (bicyclic) bond motifs is 2. The number of likely N-dealkylation sites (tertiary alicyclic amines) is 1. The van der Waals surface area contributed by atoms with Crippen LogP contribution in [0.2, 0.25) is 0 Å². The van der Waals surface area contributed by atoms with Gasteiger partial charge in [-0.15, -0.1) is 5.92 Å². The summed E-state index contributed by atoms with van der Waals surface area (Å²) >= 11 is 0. The Morgan fingerprint density at radius 1 is 1.24 bits per heavy atom. The van der Waals surface area contributed by atoms with Crippen molar-refractivity contribution >= 4 is 40.6 Å². The molecule has 2 aliphatic carbocycles. The molecule has 2 saturated carbocycles. The Hall–Kier alpha value is -4.07. The first-order chi connectivity index (χ1) is 20.0. The number of ether oxygens (including phenoxy) is 1. The van der Waals surface area contributed by atoms with E-state index < -0.39 is 41.1 Å². The van der Waals surface area contributed by atoms with Crippen molar-refractivity contribution < 1.29 is 28.3 Å². The van der Waals surface area contributed by atoms with Crippen LogP contribution >= 0.6 is 0 Å². The highest BCUT2D eigenvalue weighted by molar-refractivity contribution is 6.37. The lowest BCUT2D eigenvalue weighted by Gasteiger charge is -2.36. The van der Waals surface area contributed by atoms with Crippen molar-refractivity contribution in [2.45, 2.75) is 77.9 Å². The fourth-order valence-electron chi connectivity index (χ4n) is 5.94. The number of rotatable bonds is 11. The molecule has 4 N–H and O–H groups in total. The quantitative estimate of drug-likeness (QED) is 0.272. The number of ketones is 1. The van der Waals surface area contributed by atoms with E-state index in [2.05, 4.69) is 27.5 Å². The summed E-state index contributed by atoms with van der Waals surface area (Å²) in [5.41, 5.74) is 5.83. The standard InChI is InChI=1S/C31H39N5O6/c1-5-6-12-41-19-10-11-23-21(15-19)34-30(42-23)35-26(31(2,3)4)29(40)36-16-18-14-20(18)24(36)28(39)33-22(25(37)27(32)38)13-17-8-7-9-17/h10-11,15,17-18,20,22,24,26H,7-9,12-14,16H2,1-4H3,(H2,32,38)(H,33,39)(H,34,35)/t18-,20-,22?,24-,26+/m0/s1. The van der Waals surface area contributed by atoms with Crippen molar-refractivity contribution in [1.82, 2.24) is 15.2 Å². The van der Waals surface area contributed by atoms with Crippen molar-refractivity contribution in [3.05, 3.63) is 18.2 Å². The minimum Gasteiger partial charge on any atom is -0.481 e. The van der Waals surface area contributed by atoms with E-state index in [1.165, 1.54) is 0 Å². The number of carbonyl (C=O) groups excluding carboxylic acids is 4. The maximum atomic E-state index is 14.1. The van der Waals surface area contributed by atoms with Crippen LogP contribution in [-0.2, 0) is 19.2 Å². The zero-order valence-corrected chi connectivity index (χ0v) is 24.6. The Balaban J connectivity index is 1.33. The molecule has 0 bridgehead atoms. The van der Waals surface area contributed by atoms with E-state index in [0.717, 1.165) is 25.7 Å². The minimum atomic E-state index is -1.06. The van der Waals surface area contributed by atoms with Crippen molar-refractivity contribution in [2.75, 3.05) is 18.5 Å². The highest BCUT2D eigenvalue weighted by Crippen LogP contribution is 2.50. The molecular formula is C31H39N5O6. The first kappa shape index (κ1) is 29.4. The number of piperidine rings is 1. The van der Waals surface area contributed by atoms with Gasteiger partial charge in [-0.2, -0.15) is 4.98 Å². The van der Waals surface area contributed by atoms with E-state index in [1.54, 1.807) is 30.0 Å². The number of nitrogens with zero attached hydrogens (tertiary/aromatic N) is 2. The van der Waals surface area contributed by atoms with Gasteiger partial charge in [0.25, 0.3) is 11.9 Å². The summed E-state index contributed by atoms with van der Waals surface area (Å²) in [5, 5.41) is 5.98. The first-order valence-electron chi connectivity index (χ1n) is 14.6. The lowest BCUT2D eigenvalue weighted by molar-refractivity contribution is -0.143.